The van der Waals surface area contributed by atoms with Gasteiger partial charge in [-0.25, -0.2) is 0 Å². The standard InChI is InChI=1S/C13H16BrClO2/c14-12-6-3-4-10(8-15)13(12)17-9-11-5-1-2-7-16-11/h3-4,6,11H,1-2,5,7-9H2. The third-order valence-electron chi connectivity index (χ3n) is 2.88. The maximum Gasteiger partial charge on any atom is 0.138 e. The summed E-state index contributed by atoms with van der Waals surface area (Å²) in [7, 11) is 0. The van der Waals surface area contributed by atoms with Crippen molar-refractivity contribution >= 4 is 27.5 Å². The van der Waals surface area contributed by atoms with Gasteiger partial charge >= 0.3 is 0 Å². The zero-order chi connectivity index (χ0) is 12.1. The molecule has 1 aromatic rings. The van der Waals surface area contributed by atoms with Gasteiger partial charge in [0.15, 0.2) is 0 Å². The number of ether oxygens (including phenoxy) is 2. The lowest BCUT2D eigenvalue weighted by Crippen LogP contribution is -2.26. The summed E-state index contributed by atoms with van der Waals surface area (Å²) in [6.07, 6.45) is 3.70. The fourth-order valence-electron chi connectivity index (χ4n) is 1.94. The van der Waals surface area contributed by atoms with E-state index >= 15 is 0 Å². The predicted octanol–water partition coefficient (Wildman–Crippen LogP) is 4.14. The number of hydrogen-bond acceptors (Lipinski definition) is 2. The van der Waals surface area contributed by atoms with E-state index in [1.807, 2.05) is 18.2 Å². The zero-order valence-corrected chi connectivity index (χ0v) is 12.0. The highest BCUT2D eigenvalue weighted by molar-refractivity contribution is 9.10. The summed E-state index contributed by atoms with van der Waals surface area (Å²) >= 11 is 9.38. The molecule has 1 aliphatic heterocycles. The fraction of sp³-hybridized carbons (Fsp3) is 0.538. The molecular formula is C13H16BrClO2. The van der Waals surface area contributed by atoms with Crippen molar-refractivity contribution in [2.45, 2.75) is 31.2 Å². The van der Waals surface area contributed by atoms with Crippen LogP contribution in [0.2, 0.25) is 0 Å². The Bertz CT molecular complexity index is 364. The minimum atomic E-state index is 0.221. The molecule has 0 spiro atoms. The quantitative estimate of drug-likeness (QED) is 0.777. The Morgan fingerprint density at radius 1 is 1.41 bits per heavy atom. The Kier molecular flexibility index (Phi) is 5.14. The summed E-state index contributed by atoms with van der Waals surface area (Å²) in [6.45, 7) is 1.46. The van der Waals surface area contributed by atoms with Crippen molar-refractivity contribution < 1.29 is 9.47 Å². The number of para-hydroxylation sites is 1. The summed E-state index contributed by atoms with van der Waals surface area (Å²) in [6, 6.07) is 5.91. The summed E-state index contributed by atoms with van der Waals surface area (Å²) in [5, 5.41) is 0. The Hall–Kier alpha value is -0.250. The van der Waals surface area contributed by atoms with E-state index in [1.165, 1.54) is 12.8 Å². The minimum absolute atomic E-state index is 0.221. The molecule has 1 heterocycles. The van der Waals surface area contributed by atoms with E-state index in [1.54, 1.807) is 0 Å². The van der Waals surface area contributed by atoms with E-state index < -0.39 is 0 Å². The molecule has 1 aromatic carbocycles. The van der Waals surface area contributed by atoms with Crippen LogP contribution in [0.3, 0.4) is 0 Å². The molecule has 94 valence electrons. The molecular weight excluding hydrogens is 303 g/mol. The Morgan fingerprint density at radius 3 is 3.00 bits per heavy atom. The van der Waals surface area contributed by atoms with E-state index in [4.69, 9.17) is 21.1 Å². The lowest BCUT2D eigenvalue weighted by Gasteiger charge is -2.23. The van der Waals surface area contributed by atoms with Gasteiger partial charge in [0.2, 0.25) is 0 Å². The number of hydrogen-bond donors (Lipinski definition) is 0. The van der Waals surface area contributed by atoms with Gasteiger partial charge in [-0.1, -0.05) is 12.1 Å². The van der Waals surface area contributed by atoms with Crippen molar-refractivity contribution in [2.24, 2.45) is 0 Å². The third-order valence-corrected chi connectivity index (χ3v) is 3.79. The largest absolute Gasteiger partial charge is 0.489 e. The first-order valence-electron chi connectivity index (χ1n) is 5.89. The van der Waals surface area contributed by atoms with Crippen molar-refractivity contribution in [3.05, 3.63) is 28.2 Å². The van der Waals surface area contributed by atoms with Crippen LogP contribution < -0.4 is 4.74 Å². The van der Waals surface area contributed by atoms with Crippen LogP contribution in [0.4, 0.5) is 0 Å². The molecule has 2 nitrogen and oxygen atoms in total. The number of benzene rings is 1. The molecule has 0 amide bonds. The van der Waals surface area contributed by atoms with Gasteiger partial charge in [0, 0.05) is 12.2 Å². The van der Waals surface area contributed by atoms with Gasteiger partial charge in [0.1, 0.15) is 12.4 Å². The smallest absolute Gasteiger partial charge is 0.138 e. The summed E-state index contributed by atoms with van der Waals surface area (Å²) in [5.41, 5.74) is 1.01. The highest BCUT2D eigenvalue weighted by Gasteiger charge is 2.16. The highest BCUT2D eigenvalue weighted by atomic mass is 79.9. The number of alkyl halides is 1. The van der Waals surface area contributed by atoms with Gasteiger partial charge in [-0.15, -0.1) is 11.6 Å². The van der Waals surface area contributed by atoms with Crippen LogP contribution in [-0.2, 0) is 10.6 Å². The van der Waals surface area contributed by atoms with Crippen molar-refractivity contribution in [3.63, 3.8) is 0 Å². The van der Waals surface area contributed by atoms with Crippen LogP contribution in [-0.4, -0.2) is 19.3 Å². The average Bonchev–Trinajstić information content (AvgIpc) is 2.38. The van der Waals surface area contributed by atoms with E-state index in [0.29, 0.717) is 12.5 Å². The zero-order valence-electron chi connectivity index (χ0n) is 9.62. The number of halogens is 2. The molecule has 4 heteroatoms. The first-order chi connectivity index (χ1) is 8.31. The van der Waals surface area contributed by atoms with Gasteiger partial charge in [0.25, 0.3) is 0 Å². The highest BCUT2D eigenvalue weighted by Crippen LogP contribution is 2.30. The Balaban J connectivity index is 1.97. The van der Waals surface area contributed by atoms with Crippen LogP contribution in [0.5, 0.6) is 5.75 Å². The second-order valence-electron chi connectivity index (χ2n) is 4.16. The second-order valence-corrected chi connectivity index (χ2v) is 5.28. The summed E-state index contributed by atoms with van der Waals surface area (Å²) in [5.74, 6) is 1.30. The van der Waals surface area contributed by atoms with Crippen molar-refractivity contribution in [2.75, 3.05) is 13.2 Å². The van der Waals surface area contributed by atoms with E-state index in [0.717, 1.165) is 28.8 Å². The van der Waals surface area contributed by atoms with Crippen molar-refractivity contribution in [1.82, 2.24) is 0 Å². The molecule has 2 rings (SSSR count). The maximum atomic E-state index is 5.89. The van der Waals surface area contributed by atoms with Crippen LogP contribution in [0.25, 0.3) is 0 Å². The fourth-order valence-corrected chi connectivity index (χ4v) is 2.67. The number of rotatable bonds is 4. The Morgan fingerprint density at radius 2 is 2.29 bits per heavy atom. The van der Waals surface area contributed by atoms with Crippen molar-refractivity contribution in [1.29, 1.82) is 0 Å². The van der Waals surface area contributed by atoms with Gasteiger partial charge in [-0.3, -0.25) is 0 Å². The van der Waals surface area contributed by atoms with E-state index in [2.05, 4.69) is 15.9 Å². The van der Waals surface area contributed by atoms with Crippen LogP contribution in [0, 0.1) is 0 Å². The molecule has 1 saturated heterocycles. The SMILES string of the molecule is ClCc1cccc(Br)c1OCC1CCCCO1. The normalized spacial score (nSPS) is 20.2. The summed E-state index contributed by atoms with van der Waals surface area (Å²) in [4.78, 5) is 0. The van der Waals surface area contributed by atoms with E-state index in [9.17, 15) is 0 Å². The van der Waals surface area contributed by atoms with Gasteiger partial charge in [-0.05, 0) is 41.3 Å². The molecule has 0 saturated carbocycles. The predicted molar refractivity (Wildman–Crippen MR) is 72.8 cm³/mol. The van der Waals surface area contributed by atoms with Crippen molar-refractivity contribution in [3.8, 4) is 5.75 Å². The second kappa shape index (κ2) is 6.62. The van der Waals surface area contributed by atoms with Crippen LogP contribution >= 0.6 is 27.5 Å². The maximum absolute atomic E-state index is 5.89. The lowest BCUT2D eigenvalue weighted by molar-refractivity contribution is -0.0113. The van der Waals surface area contributed by atoms with Gasteiger partial charge in [-0.2, -0.15) is 0 Å². The third kappa shape index (κ3) is 3.60. The Labute approximate surface area is 115 Å². The molecule has 1 aliphatic rings. The molecule has 0 aliphatic carbocycles. The molecule has 0 radical (unpaired) electrons. The lowest BCUT2D eigenvalue weighted by atomic mass is 10.1. The minimum Gasteiger partial charge on any atom is -0.489 e. The average molecular weight is 320 g/mol. The molecule has 1 unspecified atom stereocenters. The molecule has 0 N–H and O–H groups in total. The first kappa shape index (κ1) is 13.2. The molecule has 0 aromatic heterocycles. The molecule has 1 fully saturated rings. The monoisotopic (exact) mass is 318 g/mol. The van der Waals surface area contributed by atoms with Gasteiger partial charge in [0.05, 0.1) is 16.5 Å². The van der Waals surface area contributed by atoms with Gasteiger partial charge < -0.3 is 9.47 Å². The molecule has 1 atom stereocenters. The molecule has 17 heavy (non-hydrogen) atoms. The summed E-state index contributed by atoms with van der Waals surface area (Å²) < 4.78 is 12.4. The van der Waals surface area contributed by atoms with Crippen LogP contribution in [0.1, 0.15) is 24.8 Å². The topological polar surface area (TPSA) is 18.5 Å². The van der Waals surface area contributed by atoms with Crippen LogP contribution in [0.15, 0.2) is 22.7 Å². The van der Waals surface area contributed by atoms with E-state index in [-0.39, 0.29) is 6.10 Å². The first-order valence-corrected chi connectivity index (χ1v) is 7.22. The molecule has 0 bridgehead atoms.